The lowest BCUT2D eigenvalue weighted by molar-refractivity contribution is -0.170. The predicted octanol–water partition coefficient (Wildman–Crippen LogP) is 4.70. The van der Waals surface area contributed by atoms with Crippen LogP contribution < -0.4 is 10.4 Å². The maximum absolute atomic E-state index is 12.3. The summed E-state index contributed by atoms with van der Waals surface area (Å²) >= 11 is 0. The summed E-state index contributed by atoms with van der Waals surface area (Å²) in [5.74, 6) is -0.226. The fourth-order valence-corrected chi connectivity index (χ4v) is 9.52. The topological polar surface area (TPSA) is 44.8 Å². The highest BCUT2D eigenvalue weighted by molar-refractivity contribution is 6.99. The number of rotatable bonds is 7. The van der Waals surface area contributed by atoms with Gasteiger partial charge in [-0.3, -0.25) is 4.79 Å². The minimum absolute atomic E-state index is 0.0423. The molecule has 1 heterocycles. The average molecular weight is 455 g/mol. The third-order valence-electron chi connectivity index (χ3n) is 6.77. The van der Waals surface area contributed by atoms with E-state index < -0.39 is 13.7 Å². The van der Waals surface area contributed by atoms with Gasteiger partial charge in [-0.2, -0.15) is 0 Å². The van der Waals surface area contributed by atoms with Crippen LogP contribution in [0.4, 0.5) is 0 Å². The first-order valence-corrected chi connectivity index (χ1v) is 13.5. The molecule has 0 radical (unpaired) electrons. The maximum Gasteiger partial charge on any atom is 0.313 e. The van der Waals surface area contributed by atoms with Crippen molar-refractivity contribution in [3.8, 4) is 0 Å². The van der Waals surface area contributed by atoms with Crippen molar-refractivity contribution in [3.05, 3.63) is 60.7 Å². The van der Waals surface area contributed by atoms with Gasteiger partial charge in [0.05, 0.1) is 31.3 Å². The highest BCUT2D eigenvalue weighted by Crippen LogP contribution is 2.38. The van der Waals surface area contributed by atoms with Gasteiger partial charge in [0, 0.05) is 0 Å². The predicted molar refractivity (Wildman–Crippen MR) is 132 cm³/mol. The molecule has 0 spiro atoms. The van der Waals surface area contributed by atoms with Gasteiger partial charge in [-0.05, 0) is 48.5 Å². The van der Waals surface area contributed by atoms with E-state index >= 15 is 0 Å². The Hall–Kier alpha value is -1.95. The molecular weight excluding hydrogens is 416 g/mol. The molecule has 1 saturated heterocycles. The fraction of sp³-hybridized carbons (Fsp3) is 0.519. The molecule has 2 aromatic rings. The smallest absolute Gasteiger partial charge is 0.313 e. The molecule has 1 aliphatic heterocycles. The summed E-state index contributed by atoms with van der Waals surface area (Å²) in [6.07, 6.45) is 2.60. The molecule has 174 valence electrons. The third kappa shape index (κ3) is 4.85. The van der Waals surface area contributed by atoms with Crippen LogP contribution in [0.2, 0.25) is 5.04 Å². The molecular formula is C27H38O4Si. The van der Waals surface area contributed by atoms with E-state index in [0.29, 0.717) is 6.61 Å². The summed E-state index contributed by atoms with van der Waals surface area (Å²) in [4.78, 5) is 12.3. The summed E-state index contributed by atoms with van der Waals surface area (Å²) in [7, 11) is -1.16. The van der Waals surface area contributed by atoms with Crippen LogP contribution in [-0.4, -0.2) is 40.2 Å². The Morgan fingerprint density at radius 2 is 1.47 bits per heavy atom. The van der Waals surface area contributed by atoms with E-state index in [-0.39, 0.29) is 23.2 Å². The van der Waals surface area contributed by atoms with E-state index in [1.165, 1.54) is 17.5 Å². The third-order valence-corrected chi connectivity index (χ3v) is 11.8. The lowest BCUT2D eigenvalue weighted by Gasteiger charge is -2.45. The van der Waals surface area contributed by atoms with Gasteiger partial charge in [-0.25, -0.2) is 0 Å². The number of methoxy groups -OCH3 is 1. The van der Waals surface area contributed by atoms with Gasteiger partial charge in [-0.15, -0.1) is 0 Å². The quantitative estimate of drug-likeness (QED) is 0.449. The highest BCUT2D eigenvalue weighted by atomic mass is 28.4. The number of hydrogen-bond donors (Lipinski definition) is 0. The van der Waals surface area contributed by atoms with Crippen LogP contribution in [0.5, 0.6) is 0 Å². The molecule has 0 amide bonds. The molecule has 3 rings (SSSR count). The van der Waals surface area contributed by atoms with E-state index in [1.807, 2.05) is 13.8 Å². The van der Waals surface area contributed by atoms with Gasteiger partial charge >= 0.3 is 5.97 Å². The Kier molecular flexibility index (Phi) is 7.64. The summed E-state index contributed by atoms with van der Waals surface area (Å²) < 4.78 is 18.5. The van der Waals surface area contributed by atoms with E-state index in [1.54, 1.807) is 0 Å². The van der Waals surface area contributed by atoms with E-state index in [2.05, 4.69) is 81.4 Å². The van der Waals surface area contributed by atoms with Crippen molar-refractivity contribution in [1.82, 2.24) is 0 Å². The minimum atomic E-state index is -2.60. The molecule has 1 fully saturated rings. The van der Waals surface area contributed by atoms with Crippen LogP contribution in [-0.2, 0) is 18.7 Å². The Bertz CT molecular complexity index is 834. The van der Waals surface area contributed by atoms with Gasteiger partial charge in [0.15, 0.2) is 0 Å². The Morgan fingerprint density at radius 3 is 1.94 bits per heavy atom. The molecule has 0 N–H and O–H groups in total. The van der Waals surface area contributed by atoms with Crippen molar-refractivity contribution in [2.24, 2.45) is 5.41 Å². The minimum Gasteiger partial charge on any atom is -0.469 e. The second kappa shape index (κ2) is 9.90. The van der Waals surface area contributed by atoms with Crippen molar-refractivity contribution in [3.63, 3.8) is 0 Å². The SMILES string of the molecule is COC(=O)C(C)(C)[C@H]1CCC[C@H](CO[Si](c2ccccc2)(c2ccccc2)C(C)(C)C)O1. The van der Waals surface area contributed by atoms with Crippen molar-refractivity contribution in [1.29, 1.82) is 0 Å². The van der Waals surface area contributed by atoms with Crippen LogP contribution in [0.1, 0.15) is 53.9 Å². The van der Waals surface area contributed by atoms with Crippen LogP contribution in [0.25, 0.3) is 0 Å². The molecule has 0 saturated carbocycles. The van der Waals surface area contributed by atoms with Crippen LogP contribution >= 0.6 is 0 Å². The molecule has 4 nitrogen and oxygen atoms in total. The Balaban J connectivity index is 1.91. The molecule has 2 atom stereocenters. The second-order valence-electron chi connectivity index (χ2n) is 10.4. The van der Waals surface area contributed by atoms with Gasteiger partial charge in [0.2, 0.25) is 0 Å². The molecule has 5 heteroatoms. The Morgan fingerprint density at radius 1 is 0.938 bits per heavy atom. The average Bonchev–Trinajstić information content (AvgIpc) is 2.79. The lowest BCUT2D eigenvalue weighted by atomic mass is 9.82. The second-order valence-corrected chi connectivity index (χ2v) is 14.7. The van der Waals surface area contributed by atoms with Crippen LogP contribution in [0, 0.1) is 5.41 Å². The van der Waals surface area contributed by atoms with E-state index in [0.717, 1.165) is 19.3 Å². The summed E-state index contributed by atoms with van der Waals surface area (Å²) in [5.41, 5.74) is -0.676. The van der Waals surface area contributed by atoms with Crippen LogP contribution in [0.15, 0.2) is 60.7 Å². The number of esters is 1. The highest BCUT2D eigenvalue weighted by Gasteiger charge is 2.51. The van der Waals surface area contributed by atoms with Crippen LogP contribution in [0.3, 0.4) is 0 Å². The fourth-order valence-electron chi connectivity index (χ4n) is 4.93. The summed E-state index contributed by atoms with van der Waals surface area (Å²) in [6.45, 7) is 11.2. The summed E-state index contributed by atoms with van der Waals surface area (Å²) in [5, 5.41) is 2.46. The van der Waals surface area contributed by atoms with Gasteiger partial charge in [-0.1, -0.05) is 81.4 Å². The molecule has 2 aromatic carbocycles. The van der Waals surface area contributed by atoms with E-state index in [4.69, 9.17) is 13.9 Å². The number of carbonyl (C=O) groups is 1. The zero-order chi connectivity index (χ0) is 23.4. The first kappa shape index (κ1) is 24.7. The first-order valence-electron chi connectivity index (χ1n) is 11.6. The standard InChI is InChI=1S/C27H38O4Si/c1-26(2,3)32(22-15-9-7-10-16-22,23-17-11-8-12-18-23)30-20-21-14-13-19-24(31-21)27(4,5)25(28)29-6/h7-12,15-18,21,24H,13-14,19-20H2,1-6H3/t21-,24-/m1/s1. The van der Waals surface area contributed by atoms with Crippen molar-refractivity contribution >= 4 is 24.7 Å². The molecule has 1 aliphatic rings. The van der Waals surface area contributed by atoms with Crippen molar-refractivity contribution in [2.75, 3.05) is 13.7 Å². The number of benzene rings is 2. The zero-order valence-electron chi connectivity index (χ0n) is 20.4. The monoisotopic (exact) mass is 454 g/mol. The molecule has 0 unspecified atom stereocenters. The first-order chi connectivity index (χ1) is 15.1. The Labute approximate surface area is 194 Å². The molecule has 32 heavy (non-hydrogen) atoms. The molecule has 0 aromatic heterocycles. The molecule has 0 aliphatic carbocycles. The van der Waals surface area contributed by atoms with Gasteiger partial charge < -0.3 is 13.9 Å². The lowest BCUT2D eigenvalue weighted by Crippen LogP contribution is -2.67. The number of ether oxygens (including phenoxy) is 2. The van der Waals surface area contributed by atoms with Crippen molar-refractivity contribution in [2.45, 2.75) is 71.1 Å². The zero-order valence-corrected chi connectivity index (χ0v) is 21.4. The van der Waals surface area contributed by atoms with Gasteiger partial charge in [0.25, 0.3) is 8.32 Å². The maximum atomic E-state index is 12.3. The summed E-state index contributed by atoms with van der Waals surface area (Å²) in [6, 6.07) is 21.3. The number of carbonyl (C=O) groups excluding carboxylic acids is 1. The molecule has 0 bridgehead atoms. The number of hydrogen-bond acceptors (Lipinski definition) is 4. The normalized spacial score (nSPS) is 20.1. The van der Waals surface area contributed by atoms with E-state index in [9.17, 15) is 4.79 Å². The van der Waals surface area contributed by atoms with Crippen molar-refractivity contribution < 1.29 is 18.7 Å². The van der Waals surface area contributed by atoms with Gasteiger partial charge in [0.1, 0.15) is 0 Å². The largest absolute Gasteiger partial charge is 0.469 e.